The molecule has 0 aliphatic rings. The van der Waals surface area contributed by atoms with Crippen molar-refractivity contribution in [1.82, 2.24) is 0 Å². The quantitative estimate of drug-likeness (QED) is 0.365. The van der Waals surface area contributed by atoms with Crippen molar-refractivity contribution in [3.63, 3.8) is 0 Å². The molecule has 0 saturated heterocycles. The number of hydrogen-bond donors (Lipinski definition) is 4. The molecule has 0 spiro atoms. The minimum absolute atomic E-state index is 0.115. The maximum Gasteiger partial charge on any atom is 0.192 e. The predicted molar refractivity (Wildman–Crippen MR) is 35.8 cm³/mol. The molecule has 0 saturated carbocycles. The standard InChI is InChI=1S/C6H12O5/c7-2-1-4(9)6(11)5(10)3-8/h4-5,7-10H,1-3H2. The van der Waals surface area contributed by atoms with Gasteiger partial charge in [0.2, 0.25) is 0 Å². The van der Waals surface area contributed by atoms with E-state index in [1.807, 2.05) is 0 Å². The van der Waals surface area contributed by atoms with E-state index in [0.29, 0.717) is 0 Å². The van der Waals surface area contributed by atoms with Crippen molar-refractivity contribution in [2.75, 3.05) is 13.2 Å². The molecular weight excluding hydrogens is 152 g/mol. The van der Waals surface area contributed by atoms with Crippen LogP contribution in [0, 0.1) is 0 Å². The van der Waals surface area contributed by atoms with Crippen LogP contribution in [0.1, 0.15) is 6.42 Å². The minimum Gasteiger partial charge on any atom is -0.396 e. The van der Waals surface area contributed by atoms with Crippen LogP contribution in [-0.4, -0.2) is 51.6 Å². The third-order valence-corrected chi connectivity index (χ3v) is 1.23. The van der Waals surface area contributed by atoms with Crippen LogP contribution in [0.3, 0.4) is 0 Å². The zero-order valence-corrected chi connectivity index (χ0v) is 5.97. The van der Waals surface area contributed by atoms with E-state index in [2.05, 4.69) is 0 Å². The van der Waals surface area contributed by atoms with Gasteiger partial charge in [-0.1, -0.05) is 0 Å². The number of hydrogen-bond acceptors (Lipinski definition) is 5. The Morgan fingerprint density at radius 1 is 1.18 bits per heavy atom. The molecule has 2 atom stereocenters. The first-order valence-electron chi connectivity index (χ1n) is 3.25. The highest BCUT2D eigenvalue weighted by Crippen LogP contribution is 1.96. The Morgan fingerprint density at radius 3 is 2.09 bits per heavy atom. The summed E-state index contributed by atoms with van der Waals surface area (Å²) >= 11 is 0. The summed E-state index contributed by atoms with van der Waals surface area (Å²) < 4.78 is 0. The third-order valence-electron chi connectivity index (χ3n) is 1.23. The fourth-order valence-electron chi connectivity index (χ4n) is 0.577. The van der Waals surface area contributed by atoms with Gasteiger partial charge in [-0.15, -0.1) is 0 Å². The summed E-state index contributed by atoms with van der Waals surface area (Å²) in [6, 6.07) is 0. The van der Waals surface area contributed by atoms with Gasteiger partial charge in [0.1, 0.15) is 12.2 Å². The summed E-state index contributed by atoms with van der Waals surface area (Å²) in [5.41, 5.74) is 0. The first kappa shape index (κ1) is 10.5. The number of rotatable bonds is 5. The van der Waals surface area contributed by atoms with Gasteiger partial charge in [0.15, 0.2) is 5.78 Å². The number of ketones is 1. The summed E-state index contributed by atoms with van der Waals surface area (Å²) in [6.45, 7) is -1.04. The predicted octanol–water partition coefficient (Wildman–Crippen LogP) is -2.35. The molecule has 0 heterocycles. The molecule has 0 aliphatic heterocycles. The Kier molecular flexibility index (Phi) is 4.97. The molecule has 5 heteroatoms. The molecule has 0 aromatic rings. The summed E-state index contributed by atoms with van der Waals surface area (Å²) in [7, 11) is 0. The average Bonchev–Trinajstić information content (AvgIpc) is 2.02. The largest absolute Gasteiger partial charge is 0.396 e. The fraction of sp³-hybridized carbons (Fsp3) is 0.833. The number of Topliss-reactive ketones (excluding diaryl/α,β-unsaturated/α-hetero) is 1. The Hall–Kier alpha value is -0.490. The van der Waals surface area contributed by atoms with Crippen LogP contribution >= 0.6 is 0 Å². The van der Waals surface area contributed by atoms with Crippen LogP contribution in [0.2, 0.25) is 0 Å². The lowest BCUT2D eigenvalue weighted by Gasteiger charge is -2.10. The van der Waals surface area contributed by atoms with Gasteiger partial charge >= 0.3 is 0 Å². The Balaban J connectivity index is 3.81. The molecule has 66 valence electrons. The molecule has 0 amide bonds. The highest BCUT2D eigenvalue weighted by molar-refractivity contribution is 5.86. The van der Waals surface area contributed by atoms with Gasteiger partial charge in [0.25, 0.3) is 0 Å². The Morgan fingerprint density at radius 2 is 1.73 bits per heavy atom. The van der Waals surface area contributed by atoms with E-state index < -0.39 is 24.6 Å². The first-order chi connectivity index (χ1) is 5.13. The van der Waals surface area contributed by atoms with Gasteiger partial charge < -0.3 is 20.4 Å². The molecule has 0 rings (SSSR count). The fourth-order valence-corrected chi connectivity index (χ4v) is 0.577. The van der Waals surface area contributed by atoms with Gasteiger partial charge in [-0.3, -0.25) is 4.79 Å². The van der Waals surface area contributed by atoms with E-state index in [9.17, 15) is 4.79 Å². The van der Waals surface area contributed by atoms with Gasteiger partial charge in [-0.25, -0.2) is 0 Å². The first-order valence-corrected chi connectivity index (χ1v) is 3.25. The third kappa shape index (κ3) is 3.43. The van der Waals surface area contributed by atoms with Crippen LogP contribution in [0.15, 0.2) is 0 Å². The number of carbonyl (C=O) groups is 1. The van der Waals surface area contributed by atoms with Crippen LogP contribution in [0.5, 0.6) is 0 Å². The normalized spacial score (nSPS) is 16.0. The summed E-state index contributed by atoms with van der Waals surface area (Å²) in [5, 5.41) is 34.1. The SMILES string of the molecule is O=C(C(O)CO)C(O)CCO. The molecule has 2 unspecified atom stereocenters. The smallest absolute Gasteiger partial charge is 0.192 e. The summed E-state index contributed by atoms with van der Waals surface area (Å²) in [4.78, 5) is 10.7. The van der Waals surface area contributed by atoms with E-state index in [1.54, 1.807) is 0 Å². The van der Waals surface area contributed by atoms with Gasteiger partial charge in [-0.05, 0) is 0 Å². The van der Waals surface area contributed by atoms with E-state index in [0.717, 1.165) is 0 Å². The number of carbonyl (C=O) groups excluding carboxylic acids is 1. The Labute approximate surface area is 63.9 Å². The molecule has 0 radical (unpaired) electrons. The monoisotopic (exact) mass is 164 g/mol. The molecule has 0 aromatic heterocycles. The second-order valence-electron chi connectivity index (χ2n) is 2.13. The van der Waals surface area contributed by atoms with Gasteiger partial charge in [0, 0.05) is 13.0 Å². The van der Waals surface area contributed by atoms with Gasteiger partial charge in [-0.2, -0.15) is 0 Å². The molecule has 4 N–H and O–H groups in total. The molecule has 0 bridgehead atoms. The highest BCUT2D eigenvalue weighted by Gasteiger charge is 2.21. The molecule has 5 nitrogen and oxygen atoms in total. The molecule has 11 heavy (non-hydrogen) atoms. The van der Waals surface area contributed by atoms with Crippen molar-refractivity contribution in [2.45, 2.75) is 18.6 Å². The van der Waals surface area contributed by atoms with Crippen LogP contribution in [0.4, 0.5) is 0 Å². The number of aliphatic hydroxyl groups is 4. The van der Waals surface area contributed by atoms with E-state index in [4.69, 9.17) is 20.4 Å². The molecule has 0 fully saturated rings. The summed E-state index contributed by atoms with van der Waals surface area (Å²) in [5.74, 6) is -0.860. The van der Waals surface area contributed by atoms with Crippen molar-refractivity contribution in [1.29, 1.82) is 0 Å². The molecular formula is C6H12O5. The van der Waals surface area contributed by atoms with Crippen molar-refractivity contribution < 1.29 is 25.2 Å². The van der Waals surface area contributed by atoms with Crippen molar-refractivity contribution in [3.05, 3.63) is 0 Å². The van der Waals surface area contributed by atoms with E-state index >= 15 is 0 Å². The van der Waals surface area contributed by atoms with Crippen LogP contribution in [0.25, 0.3) is 0 Å². The number of aliphatic hydroxyl groups excluding tert-OH is 4. The average molecular weight is 164 g/mol. The van der Waals surface area contributed by atoms with Crippen molar-refractivity contribution >= 4 is 5.78 Å². The van der Waals surface area contributed by atoms with E-state index in [-0.39, 0.29) is 13.0 Å². The zero-order chi connectivity index (χ0) is 8.85. The van der Waals surface area contributed by atoms with Crippen molar-refractivity contribution in [2.24, 2.45) is 0 Å². The van der Waals surface area contributed by atoms with Crippen molar-refractivity contribution in [3.8, 4) is 0 Å². The lowest BCUT2D eigenvalue weighted by molar-refractivity contribution is -0.138. The summed E-state index contributed by atoms with van der Waals surface area (Å²) in [6.07, 6.45) is -3.05. The lowest BCUT2D eigenvalue weighted by Crippen LogP contribution is -2.35. The van der Waals surface area contributed by atoms with E-state index in [1.165, 1.54) is 0 Å². The maximum absolute atomic E-state index is 10.7. The molecule has 0 aromatic carbocycles. The zero-order valence-electron chi connectivity index (χ0n) is 5.97. The second kappa shape index (κ2) is 5.20. The maximum atomic E-state index is 10.7. The topological polar surface area (TPSA) is 98.0 Å². The lowest BCUT2D eigenvalue weighted by atomic mass is 10.1. The van der Waals surface area contributed by atoms with Crippen LogP contribution in [-0.2, 0) is 4.79 Å². The van der Waals surface area contributed by atoms with Crippen LogP contribution < -0.4 is 0 Å². The Bertz CT molecular complexity index is 124. The highest BCUT2D eigenvalue weighted by atomic mass is 16.3. The second-order valence-corrected chi connectivity index (χ2v) is 2.13. The minimum atomic E-state index is -1.54. The van der Waals surface area contributed by atoms with Gasteiger partial charge in [0.05, 0.1) is 6.61 Å². The molecule has 0 aliphatic carbocycles.